The second-order valence-corrected chi connectivity index (χ2v) is 7.46. The van der Waals surface area contributed by atoms with E-state index in [-0.39, 0.29) is 0 Å². The lowest BCUT2D eigenvalue weighted by Crippen LogP contribution is -2.20. The van der Waals surface area contributed by atoms with Crippen LogP contribution in [0.1, 0.15) is 29.7 Å². The predicted octanol–water partition coefficient (Wildman–Crippen LogP) is 5.45. The summed E-state index contributed by atoms with van der Waals surface area (Å²) < 4.78 is 0. The fourth-order valence-electron chi connectivity index (χ4n) is 3.32. The third-order valence-corrected chi connectivity index (χ3v) is 5.22. The molecule has 1 saturated heterocycles. The van der Waals surface area contributed by atoms with Crippen molar-refractivity contribution in [2.45, 2.75) is 12.8 Å². The molecule has 0 unspecified atom stereocenters. The molecule has 0 bridgehead atoms. The van der Waals surface area contributed by atoms with Crippen molar-refractivity contribution in [1.29, 1.82) is 0 Å². The Kier molecular flexibility index (Phi) is 6.07. The molecule has 0 N–H and O–H groups in total. The summed E-state index contributed by atoms with van der Waals surface area (Å²) in [5.74, 6) is 6.34. The first-order valence-corrected chi connectivity index (χ1v) is 10.0. The molecule has 0 amide bonds. The first kappa shape index (κ1) is 18.7. The fraction of sp³-hybridized carbons (Fsp3) is 0.200. The van der Waals surface area contributed by atoms with Gasteiger partial charge in [-0.1, -0.05) is 47.9 Å². The third kappa shape index (κ3) is 5.01. The zero-order valence-corrected chi connectivity index (χ0v) is 16.5. The van der Waals surface area contributed by atoms with Gasteiger partial charge in [-0.2, -0.15) is 0 Å². The zero-order valence-electron chi connectivity index (χ0n) is 15.7. The van der Waals surface area contributed by atoms with Gasteiger partial charge in [0.05, 0.1) is 0 Å². The third-order valence-electron chi connectivity index (χ3n) is 4.97. The predicted molar refractivity (Wildman–Crippen MR) is 116 cm³/mol. The Morgan fingerprint density at radius 2 is 1.57 bits per heavy atom. The molecule has 0 saturated carbocycles. The van der Waals surface area contributed by atoms with Gasteiger partial charge < -0.3 is 4.90 Å². The first-order chi connectivity index (χ1) is 13.8. The van der Waals surface area contributed by atoms with Gasteiger partial charge in [-0.15, -0.1) is 0 Å². The Morgan fingerprint density at radius 1 is 0.857 bits per heavy atom. The molecule has 2 nitrogen and oxygen atoms in total. The SMILES string of the molecule is Clc1ccc(-c2ccc(C#Cc3ccc([CH]CN4CCCC4)cc3)nc2)cc1. The molecule has 1 radical (unpaired) electrons. The minimum atomic E-state index is 0.735. The molecule has 0 atom stereocenters. The first-order valence-electron chi connectivity index (χ1n) is 9.66. The van der Waals surface area contributed by atoms with Crippen LogP contribution in [0.25, 0.3) is 11.1 Å². The molecule has 3 aromatic rings. The maximum absolute atomic E-state index is 5.94. The van der Waals surface area contributed by atoms with Gasteiger partial charge in [-0.05, 0) is 73.3 Å². The minimum absolute atomic E-state index is 0.735. The van der Waals surface area contributed by atoms with Gasteiger partial charge in [0.25, 0.3) is 0 Å². The molecule has 2 aromatic carbocycles. The van der Waals surface area contributed by atoms with Crippen LogP contribution in [0.3, 0.4) is 0 Å². The van der Waals surface area contributed by atoms with Crippen LogP contribution in [0, 0.1) is 18.3 Å². The molecule has 2 heterocycles. The maximum atomic E-state index is 5.94. The van der Waals surface area contributed by atoms with Gasteiger partial charge >= 0.3 is 0 Å². The molecular weight excluding hydrogens is 364 g/mol. The topological polar surface area (TPSA) is 16.1 Å². The summed E-state index contributed by atoms with van der Waals surface area (Å²) >= 11 is 5.94. The van der Waals surface area contributed by atoms with Gasteiger partial charge in [-0.25, -0.2) is 4.98 Å². The highest BCUT2D eigenvalue weighted by atomic mass is 35.5. The lowest BCUT2D eigenvalue weighted by Gasteiger charge is -2.13. The normalized spacial score (nSPS) is 13.9. The molecule has 1 aromatic heterocycles. The number of halogens is 1. The van der Waals surface area contributed by atoms with Crippen molar-refractivity contribution in [2.75, 3.05) is 19.6 Å². The van der Waals surface area contributed by atoms with Crippen molar-refractivity contribution in [3.05, 3.63) is 95.1 Å². The van der Waals surface area contributed by atoms with Crippen molar-refractivity contribution in [1.82, 2.24) is 9.88 Å². The van der Waals surface area contributed by atoms with Crippen LogP contribution in [0.2, 0.25) is 5.02 Å². The van der Waals surface area contributed by atoms with Crippen LogP contribution in [0.4, 0.5) is 0 Å². The number of likely N-dealkylation sites (tertiary alicyclic amines) is 1. The second-order valence-electron chi connectivity index (χ2n) is 7.02. The summed E-state index contributed by atoms with van der Waals surface area (Å²) in [5, 5.41) is 0.735. The minimum Gasteiger partial charge on any atom is -0.303 e. The van der Waals surface area contributed by atoms with E-state index in [4.69, 9.17) is 11.6 Å². The van der Waals surface area contributed by atoms with E-state index in [2.05, 4.69) is 52.4 Å². The van der Waals surface area contributed by atoms with Crippen molar-refractivity contribution in [3.8, 4) is 23.0 Å². The molecule has 28 heavy (non-hydrogen) atoms. The van der Waals surface area contributed by atoms with Crippen molar-refractivity contribution >= 4 is 11.6 Å². The molecule has 0 aliphatic carbocycles. The van der Waals surface area contributed by atoms with E-state index in [0.29, 0.717) is 0 Å². The highest BCUT2D eigenvalue weighted by Crippen LogP contribution is 2.20. The summed E-state index contributed by atoms with van der Waals surface area (Å²) in [6, 6.07) is 20.2. The molecule has 139 valence electrons. The van der Waals surface area contributed by atoms with Crippen LogP contribution >= 0.6 is 11.6 Å². The molecular formula is C25H22ClN2. The quantitative estimate of drug-likeness (QED) is 0.555. The van der Waals surface area contributed by atoms with E-state index in [1.807, 2.05) is 42.6 Å². The fourth-order valence-corrected chi connectivity index (χ4v) is 3.45. The highest BCUT2D eigenvalue weighted by Gasteiger charge is 2.10. The van der Waals surface area contributed by atoms with Crippen LogP contribution in [-0.4, -0.2) is 29.5 Å². The van der Waals surface area contributed by atoms with Crippen molar-refractivity contribution < 1.29 is 0 Å². The number of nitrogens with zero attached hydrogens (tertiary/aromatic N) is 2. The highest BCUT2D eigenvalue weighted by molar-refractivity contribution is 6.30. The Labute approximate surface area is 172 Å². The molecule has 1 aliphatic rings. The summed E-state index contributed by atoms with van der Waals surface area (Å²) in [5.41, 5.74) is 5.17. The standard InChI is InChI=1S/C25H22ClN2/c26-24-11-8-22(9-12-24)23-10-14-25(27-19-23)13-7-20-3-5-21(6-4-20)15-18-28-16-1-2-17-28/h3-6,8-12,14-15,19H,1-2,16-18H2. The van der Waals surface area contributed by atoms with Crippen LogP contribution in [0.5, 0.6) is 0 Å². The lowest BCUT2D eigenvalue weighted by molar-refractivity contribution is 0.368. The Hall–Kier alpha value is -2.60. The van der Waals surface area contributed by atoms with E-state index < -0.39 is 0 Å². The summed E-state index contributed by atoms with van der Waals surface area (Å²) in [6.45, 7) is 3.49. The number of aromatic nitrogens is 1. The Morgan fingerprint density at radius 3 is 2.25 bits per heavy atom. The van der Waals surface area contributed by atoms with E-state index >= 15 is 0 Å². The summed E-state index contributed by atoms with van der Waals surface area (Å²) in [4.78, 5) is 6.96. The Balaban J connectivity index is 1.37. The number of benzene rings is 2. The zero-order chi connectivity index (χ0) is 19.2. The smallest absolute Gasteiger partial charge is 0.113 e. The summed E-state index contributed by atoms with van der Waals surface area (Å²) in [7, 11) is 0. The molecule has 0 spiro atoms. The van der Waals surface area contributed by atoms with E-state index in [1.165, 1.54) is 31.5 Å². The van der Waals surface area contributed by atoms with Crippen LogP contribution < -0.4 is 0 Å². The number of rotatable bonds is 4. The van der Waals surface area contributed by atoms with Gasteiger partial charge in [0, 0.05) is 35.3 Å². The van der Waals surface area contributed by atoms with Gasteiger partial charge in [0.1, 0.15) is 5.69 Å². The second kappa shape index (κ2) is 9.06. The van der Waals surface area contributed by atoms with E-state index in [9.17, 15) is 0 Å². The van der Waals surface area contributed by atoms with Crippen molar-refractivity contribution in [3.63, 3.8) is 0 Å². The average Bonchev–Trinajstić information content (AvgIpc) is 3.26. The summed E-state index contributed by atoms with van der Waals surface area (Å²) in [6.07, 6.45) is 6.80. The van der Waals surface area contributed by atoms with Crippen LogP contribution in [-0.2, 0) is 0 Å². The van der Waals surface area contributed by atoms with E-state index in [1.54, 1.807) is 0 Å². The van der Waals surface area contributed by atoms with E-state index in [0.717, 1.165) is 34.0 Å². The molecule has 1 aliphatic heterocycles. The number of hydrogen-bond acceptors (Lipinski definition) is 2. The molecule has 4 rings (SSSR count). The van der Waals surface area contributed by atoms with Gasteiger partial charge in [-0.3, -0.25) is 0 Å². The van der Waals surface area contributed by atoms with Gasteiger partial charge in [0.2, 0.25) is 0 Å². The Bertz CT molecular complexity index is 958. The molecule has 3 heteroatoms. The number of pyridine rings is 1. The average molecular weight is 386 g/mol. The monoisotopic (exact) mass is 385 g/mol. The molecule has 1 fully saturated rings. The number of hydrogen-bond donors (Lipinski definition) is 0. The maximum Gasteiger partial charge on any atom is 0.113 e. The van der Waals surface area contributed by atoms with Crippen molar-refractivity contribution in [2.24, 2.45) is 0 Å². The van der Waals surface area contributed by atoms with Crippen LogP contribution in [0.15, 0.2) is 66.9 Å². The van der Waals surface area contributed by atoms with Gasteiger partial charge in [0.15, 0.2) is 0 Å². The lowest BCUT2D eigenvalue weighted by atomic mass is 10.1. The largest absolute Gasteiger partial charge is 0.303 e.